The standard InChI is InChI=1S/C9H6N2O3/c10-9(14)11-6-4-2-1-3-5(6)7(12)8(11)13/h1-4H,(H2,10,14). The van der Waals surface area contributed by atoms with Crippen LogP contribution in [0.15, 0.2) is 24.3 Å². The summed E-state index contributed by atoms with van der Waals surface area (Å²) in [6.07, 6.45) is 0. The van der Waals surface area contributed by atoms with E-state index in [0.717, 1.165) is 0 Å². The van der Waals surface area contributed by atoms with Gasteiger partial charge in [-0.3, -0.25) is 9.59 Å². The summed E-state index contributed by atoms with van der Waals surface area (Å²) in [5.74, 6) is -1.59. The van der Waals surface area contributed by atoms with E-state index in [-0.39, 0.29) is 11.3 Å². The topological polar surface area (TPSA) is 80.5 Å². The van der Waals surface area contributed by atoms with Crippen LogP contribution < -0.4 is 10.6 Å². The van der Waals surface area contributed by atoms with Gasteiger partial charge in [0, 0.05) is 0 Å². The first-order valence-electron chi connectivity index (χ1n) is 3.90. The molecule has 1 heterocycles. The Bertz CT molecular complexity index is 453. The van der Waals surface area contributed by atoms with Crippen molar-refractivity contribution in [2.75, 3.05) is 4.90 Å². The van der Waals surface area contributed by atoms with E-state index >= 15 is 0 Å². The number of nitrogens with two attached hydrogens (primary N) is 1. The van der Waals surface area contributed by atoms with Crippen LogP contribution in [0.4, 0.5) is 10.5 Å². The highest BCUT2D eigenvalue weighted by Crippen LogP contribution is 2.27. The summed E-state index contributed by atoms with van der Waals surface area (Å²) >= 11 is 0. The summed E-state index contributed by atoms with van der Waals surface area (Å²) in [6.45, 7) is 0. The maximum atomic E-state index is 11.3. The number of hydrogen-bond donors (Lipinski definition) is 1. The molecule has 0 radical (unpaired) electrons. The van der Waals surface area contributed by atoms with Crippen molar-refractivity contribution in [1.82, 2.24) is 0 Å². The number of imide groups is 1. The molecule has 0 aromatic heterocycles. The summed E-state index contributed by atoms with van der Waals surface area (Å²) in [5, 5.41) is 0. The molecular weight excluding hydrogens is 184 g/mol. The number of nitrogens with zero attached hydrogens (tertiary/aromatic N) is 1. The lowest BCUT2D eigenvalue weighted by Gasteiger charge is -2.09. The van der Waals surface area contributed by atoms with Crippen LogP contribution in [0.1, 0.15) is 10.4 Å². The van der Waals surface area contributed by atoms with Gasteiger partial charge < -0.3 is 5.73 Å². The van der Waals surface area contributed by atoms with Gasteiger partial charge in [-0.1, -0.05) is 12.1 Å². The summed E-state index contributed by atoms with van der Waals surface area (Å²) in [7, 11) is 0. The van der Waals surface area contributed by atoms with Crippen LogP contribution in [0, 0.1) is 0 Å². The molecule has 1 aliphatic heterocycles. The molecule has 70 valence electrons. The molecule has 0 fully saturated rings. The van der Waals surface area contributed by atoms with Crippen molar-refractivity contribution < 1.29 is 14.4 Å². The van der Waals surface area contributed by atoms with Crippen molar-refractivity contribution in [3.05, 3.63) is 29.8 Å². The summed E-state index contributed by atoms with van der Waals surface area (Å²) in [6, 6.07) is 5.30. The molecule has 0 atom stereocenters. The molecular formula is C9H6N2O3. The molecule has 2 N–H and O–H groups in total. The molecule has 1 aliphatic rings. The van der Waals surface area contributed by atoms with E-state index in [1.165, 1.54) is 12.1 Å². The van der Waals surface area contributed by atoms with Crippen LogP contribution >= 0.6 is 0 Å². The number of amides is 3. The number of primary amides is 1. The molecule has 0 saturated carbocycles. The zero-order valence-electron chi connectivity index (χ0n) is 7.06. The summed E-state index contributed by atoms with van der Waals surface area (Å²) < 4.78 is 0. The van der Waals surface area contributed by atoms with E-state index in [0.29, 0.717) is 4.90 Å². The number of para-hydroxylation sites is 1. The second kappa shape index (κ2) is 2.66. The van der Waals surface area contributed by atoms with Crippen LogP contribution in [-0.2, 0) is 4.79 Å². The average Bonchev–Trinajstić information content (AvgIpc) is 2.41. The minimum Gasteiger partial charge on any atom is -0.351 e. The number of carbonyl (C=O) groups excluding carboxylic acids is 3. The van der Waals surface area contributed by atoms with Crippen LogP contribution in [-0.4, -0.2) is 17.7 Å². The number of rotatable bonds is 0. The van der Waals surface area contributed by atoms with Crippen LogP contribution in [0.5, 0.6) is 0 Å². The van der Waals surface area contributed by atoms with Crippen LogP contribution in [0.25, 0.3) is 0 Å². The average molecular weight is 190 g/mol. The fourth-order valence-electron chi connectivity index (χ4n) is 1.41. The number of hydrogen-bond acceptors (Lipinski definition) is 3. The van der Waals surface area contributed by atoms with Crippen molar-refractivity contribution in [2.45, 2.75) is 0 Å². The maximum Gasteiger partial charge on any atom is 0.326 e. The Kier molecular flexibility index (Phi) is 1.60. The molecule has 3 amide bonds. The van der Waals surface area contributed by atoms with Gasteiger partial charge in [-0.25, -0.2) is 9.69 Å². The zero-order chi connectivity index (χ0) is 10.3. The molecule has 0 unspecified atom stereocenters. The Balaban J connectivity index is 2.64. The third-order valence-electron chi connectivity index (χ3n) is 2.01. The third kappa shape index (κ3) is 0.922. The smallest absolute Gasteiger partial charge is 0.326 e. The van der Waals surface area contributed by atoms with Gasteiger partial charge in [0.2, 0.25) is 0 Å². The quantitative estimate of drug-likeness (QED) is 0.597. The fraction of sp³-hybridized carbons (Fsp3) is 0. The molecule has 0 bridgehead atoms. The van der Waals surface area contributed by atoms with Gasteiger partial charge in [-0.05, 0) is 12.1 Å². The lowest BCUT2D eigenvalue weighted by Crippen LogP contribution is -2.39. The van der Waals surface area contributed by atoms with Gasteiger partial charge in [0.05, 0.1) is 11.3 Å². The molecule has 5 heteroatoms. The highest BCUT2D eigenvalue weighted by molar-refractivity contribution is 6.56. The second-order valence-corrected chi connectivity index (χ2v) is 2.83. The predicted molar refractivity (Wildman–Crippen MR) is 47.8 cm³/mol. The molecule has 5 nitrogen and oxygen atoms in total. The monoisotopic (exact) mass is 190 g/mol. The molecule has 0 aliphatic carbocycles. The lowest BCUT2D eigenvalue weighted by atomic mass is 10.1. The number of Topliss-reactive ketones (excluding diaryl/α,β-unsaturated/α-hetero) is 1. The number of carbonyl (C=O) groups is 3. The van der Waals surface area contributed by atoms with Gasteiger partial charge in [0.1, 0.15) is 0 Å². The van der Waals surface area contributed by atoms with Crippen molar-refractivity contribution in [1.29, 1.82) is 0 Å². The molecule has 2 rings (SSSR count). The van der Waals surface area contributed by atoms with Crippen LogP contribution in [0.3, 0.4) is 0 Å². The highest BCUT2D eigenvalue weighted by atomic mass is 16.2. The van der Waals surface area contributed by atoms with E-state index in [4.69, 9.17) is 5.73 Å². The van der Waals surface area contributed by atoms with Gasteiger partial charge in [0.15, 0.2) is 0 Å². The number of urea groups is 1. The Labute approximate surface area is 79.1 Å². The van der Waals surface area contributed by atoms with E-state index in [9.17, 15) is 14.4 Å². The predicted octanol–water partition coefficient (Wildman–Crippen LogP) is 0.295. The summed E-state index contributed by atoms with van der Waals surface area (Å²) in [4.78, 5) is 34.2. The first-order valence-corrected chi connectivity index (χ1v) is 3.90. The maximum absolute atomic E-state index is 11.3. The Morgan fingerprint density at radius 1 is 1.21 bits per heavy atom. The van der Waals surface area contributed by atoms with Crippen molar-refractivity contribution in [3.8, 4) is 0 Å². The molecule has 14 heavy (non-hydrogen) atoms. The first-order chi connectivity index (χ1) is 6.63. The largest absolute Gasteiger partial charge is 0.351 e. The van der Waals surface area contributed by atoms with E-state index in [1.807, 2.05) is 0 Å². The van der Waals surface area contributed by atoms with Gasteiger partial charge >= 0.3 is 11.9 Å². The number of ketones is 1. The molecule has 1 aromatic carbocycles. The van der Waals surface area contributed by atoms with E-state index in [1.54, 1.807) is 12.1 Å². The minimum atomic E-state index is -0.937. The number of fused-ring (bicyclic) bond motifs is 1. The SMILES string of the molecule is NC(=O)N1C(=O)C(=O)c2ccccc21. The van der Waals surface area contributed by atoms with Crippen molar-refractivity contribution in [3.63, 3.8) is 0 Å². The summed E-state index contributed by atoms with van der Waals surface area (Å²) in [5.41, 5.74) is 5.46. The first kappa shape index (κ1) is 8.43. The normalized spacial score (nSPS) is 14.4. The Morgan fingerprint density at radius 2 is 1.86 bits per heavy atom. The minimum absolute atomic E-state index is 0.219. The van der Waals surface area contributed by atoms with Crippen LogP contribution in [0.2, 0.25) is 0 Å². The van der Waals surface area contributed by atoms with Crippen molar-refractivity contribution >= 4 is 23.4 Å². The Morgan fingerprint density at radius 3 is 2.50 bits per heavy atom. The Hall–Kier alpha value is -2.17. The zero-order valence-corrected chi connectivity index (χ0v) is 7.06. The number of benzene rings is 1. The van der Waals surface area contributed by atoms with Gasteiger partial charge in [-0.2, -0.15) is 0 Å². The highest BCUT2D eigenvalue weighted by Gasteiger charge is 2.38. The molecule has 0 spiro atoms. The van der Waals surface area contributed by atoms with E-state index in [2.05, 4.69) is 0 Å². The second-order valence-electron chi connectivity index (χ2n) is 2.83. The van der Waals surface area contributed by atoms with Gasteiger partial charge in [0.25, 0.3) is 5.78 Å². The lowest BCUT2D eigenvalue weighted by molar-refractivity contribution is -0.113. The van der Waals surface area contributed by atoms with Crippen molar-refractivity contribution in [2.24, 2.45) is 5.73 Å². The third-order valence-corrected chi connectivity index (χ3v) is 2.01. The molecule has 1 aromatic rings. The van der Waals surface area contributed by atoms with E-state index < -0.39 is 17.7 Å². The van der Waals surface area contributed by atoms with Gasteiger partial charge in [-0.15, -0.1) is 0 Å². The molecule has 0 saturated heterocycles. The number of anilines is 1. The fourth-order valence-corrected chi connectivity index (χ4v) is 1.41.